The van der Waals surface area contributed by atoms with E-state index in [9.17, 15) is 4.79 Å². The molecule has 0 aromatic rings. The Kier molecular flexibility index (Phi) is 7.17. The third-order valence-corrected chi connectivity index (χ3v) is 1.46. The molecule has 1 amide bonds. The molecule has 0 fully saturated rings. The van der Waals surface area contributed by atoms with Crippen LogP contribution in [0, 0.1) is 0 Å². The molecule has 0 aromatic heterocycles. The lowest BCUT2D eigenvalue weighted by Crippen LogP contribution is -3.00. The average Bonchev–Trinajstić information content (AvgIpc) is 1.84. The third-order valence-electron chi connectivity index (χ3n) is 1.46. The Morgan fingerprint density at radius 2 is 1.85 bits per heavy atom. The Labute approximate surface area is 91.2 Å². The molecule has 0 rings (SSSR count). The Morgan fingerprint density at radius 1 is 1.38 bits per heavy atom. The van der Waals surface area contributed by atoms with Gasteiger partial charge in [-0.1, -0.05) is 6.58 Å². The summed E-state index contributed by atoms with van der Waals surface area (Å²) in [6.07, 6.45) is 0. The molecule has 0 unspecified atom stereocenters. The second-order valence-electron chi connectivity index (χ2n) is 4.05. The van der Waals surface area contributed by atoms with E-state index in [1.54, 1.807) is 6.92 Å². The molecule has 0 atom stereocenters. The van der Waals surface area contributed by atoms with Gasteiger partial charge < -0.3 is 26.8 Å². The normalized spacial score (nSPS) is 10.2. The van der Waals surface area contributed by atoms with E-state index in [1.165, 1.54) is 0 Å². The van der Waals surface area contributed by atoms with Crippen LogP contribution in [0.15, 0.2) is 12.2 Å². The van der Waals surface area contributed by atoms with E-state index in [-0.39, 0.29) is 22.9 Å². The van der Waals surface area contributed by atoms with E-state index < -0.39 is 0 Å². The number of halogens is 1. The standard InChI is InChI=1S/C9H18N2O.BrH/c1-8(2)9(12)10-6-7-11(3,4)5;/h1,6-7H2,2-5H3;1H. The number of rotatable bonds is 4. The fraction of sp³-hybridized carbons (Fsp3) is 0.667. The smallest absolute Gasteiger partial charge is 0.246 e. The number of likely N-dealkylation sites (N-methyl/N-ethyl adjacent to an activating group) is 1. The summed E-state index contributed by atoms with van der Waals surface area (Å²) in [5.41, 5.74) is 0.566. The van der Waals surface area contributed by atoms with Crippen molar-refractivity contribution in [2.24, 2.45) is 0 Å². The van der Waals surface area contributed by atoms with Gasteiger partial charge in [0.2, 0.25) is 5.91 Å². The van der Waals surface area contributed by atoms with Crippen LogP contribution in [0.5, 0.6) is 0 Å². The van der Waals surface area contributed by atoms with Crippen molar-refractivity contribution < 1.29 is 26.3 Å². The molecule has 0 aliphatic heterocycles. The summed E-state index contributed by atoms with van der Waals surface area (Å²) in [7, 11) is 6.27. The highest BCUT2D eigenvalue weighted by molar-refractivity contribution is 5.91. The predicted octanol–water partition coefficient (Wildman–Crippen LogP) is -2.61. The second-order valence-corrected chi connectivity index (χ2v) is 4.05. The van der Waals surface area contributed by atoms with Crippen molar-refractivity contribution >= 4 is 5.91 Å². The Morgan fingerprint density at radius 3 is 2.15 bits per heavy atom. The zero-order valence-corrected chi connectivity index (χ0v) is 10.4. The zero-order chi connectivity index (χ0) is 9.78. The maximum atomic E-state index is 11.0. The molecule has 0 spiro atoms. The second kappa shape index (κ2) is 6.16. The molecule has 0 radical (unpaired) electrons. The number of nitrogens with zero attached hydrogens (tertiary/aromatic N) is 1. The van der Waals surface area contributed by atoms with Gasteiger partial charge in [-0.2, -0.15) is 0 Å². The van der Waals surface area contributed by atoms with Crippen molar-refractivity contribution in [1.82, 2.24) is 5.32 Å². The Balaban J connectivity index is 0. The van der Waals surface area contributed by atoms with Crippen molar-refractivity contribution in [1.29, 1.82) is 0 Å². The summed E-state index contributed by atoms with van der Waals surface area (Å²) >= 11 is 0. The maximum absolute atomic E-state index is 11.0. The predicted molar refractivity (Wildman–Crippen MR) is 50.7 cm³/mol. The molecule has 0 saturated heterocycles. The van der Waals surface area contributed by atoms with Crippen LogP contribution in [-0.2, 0) is 4.79 Å². The minimum Gasteiger partial charge on any atom is -1.00 e. The quantitative estimate of drug-likeness (QED) is 0.430. The monoisotopic (exact) mass is 250 g/mol. The number of carbonyl (C=O) groups is 1. The molecule has 3 nitrogen and oxygen atoms in total. The molecule has 0 aliphatic carbocycles. The lowest BCUT2D eigenvalue weighted by atomic mass is 10.3. The van der Waals surface area contributed by atoms with Crippen molar-refractivity contribution in [3.05, 3.63) is 12.2 Å². The summed E-state index contributed by atoms with van der Waals surface area (Å²) in [6, 6.07) is 0. The first-order valence-corrected chi connectivity index (χ1v) is 4.07. The lowest BCUT2D eigenvalue weighted by molar-refractivity contribution is -0.869. The van der Waals surface area contributed by atoms with Crippen molar-refractivity contribution in [2.45, 2.75) is 6.92 Å². The summed E-state index contributed by atoms with van der Waals surface area (Å²) in [5, 5.41) is 2.78. The summed E-state index contributed by atoms with van der Waals surface area (Å²) in [6.45, 7) is 6.90. The molecular weight excluding hydrogens is 232 g/mol. The third kappa shape index (κ3) is 9.56. The molecule has 0 saturated carbocycles. The molecular formula is C9H19BrN2O. The van der Waals surface area contributed by atoms with Crippen LogP contribution in [0.25, 0.3) is 0 Å². The van der Waals surface area contributed by atoms with Crippen LogP contribution in [0.3, 0.4) is 0 Å². The highest BCUT2D eigenvalue weighted by Crippen LogP contribution is 1.88. The van der Waals surface area contributed by atoms with E-state index >= 15 is 0 Å². The van der Waals surface area contributed by atoms with Crippen molar-refractivity contribution in [3.8, 4) is 0 Å². The van der Waals surface area contributed by atoms with Crippen LogP contribution in [-0.4, -0.2) is 44.6 Å². The van der Waals surface area contributed by atoms with Gasteiger partial charge in [-0.05, 0) is 6.92 Å². The van der Waals surface area contributed by atoms with E-state index in [0.29, 0.717) is 12.1 Å². The first kappa shape index (κ1) is 15.1. The van der Waals surface area contributed by atoms with Crippen LogP contribution >= 0.6 is 0 Å². The van der Waals surface area contributed by atoms with Crippen LogP contribution in [0.1, 0.15) is 6.92 Å². The van der Waals surface area contributed by atoms with E-state index in [0.717, 1.165) is 11.0 Å². The fourth-order valence-electron chi connectivity index (χ4n) is 0.656. The Hall–Kier alpha value is -0.350. The molecule has 0 bridgehead atoms. The van der Waals surface area contributed by atoms with E-state index in [2.05, 4.69) is 33.0 Å². The molecule has 13 heavy (non-hydrogen) atoms. The molecule has 0 heterocycles. The van der Waals surface area contributed by atoms with Crippen LogP contribution in [0.4, 0.5) is 0 Å². The summed E-state index contributed by atoms with van der Waals surface area (Å²) in [5.74, 6) is -0.0524. The molecule has 1 N–H and O–H groups in total. The molecule has 0 aromatic carbocycles. The van der Waals surface area contributed by atoms with Crippen LogP contribution in [0.2, 0.25) is 0 Å². The van der Waals surface area contributed by atoms with Gasteiger partial charge in [0, 0.05) is 5.57 Å². The van der Waals surface area contributed by atoms with Crippen LogP contribution < -0.4 is 22.3 Å². The highest BCUT2D eigenvalue weighted by Gasteiger charge is 2.07. The lowest BCUT2D eigenvalue weighted by Gasteiger charge is -2.23. The maximum Gasteiger partial charge on any atom is 0.246 e. The number of hydrogen-bond donors (Lipinski definition) is 1. The summed E-state index contributed by atoms with van der Waals surface area (Å²) < 4.78 is 0.858. The van der Waals surface area contributed by atoms with Gasteiger partial charge in [-0.25, -0.2) is 0 Å². The topological polar surface area (TPSA) is 29.1 Å². The fourth-order valence-corrected chi connectivity index (χ4v) is 0.656. The average molecular weight is 251 g/mol. The van der Waals surface area contributed by atoms with E-state index in [1.807, 2.05) is 0 Å². The van der Waals surface area contributed by atoms with Gasteiger partial charge in [-0.3, -0.25) is 4.79 Å². The minimum atomic E-state index is -0.0524. The van der Waals surface area contributed by atoms with E-state index in [4.69, 9.17) is 0 Å². The number of nitrogens with one attached hydrogen (secondary N) is 1. The number of amides is 1. The molecule has 78 valence electrons. The Bertz CT molecular complexity index is 185. The summed E-state index contributed by atoms with van der Waals surface area (Å²) in [4.78, 5) is 11.0. The van der Waals surface area contributed by atoms with Crippen molar-refractivity contribution in [2.75, 3.05) is 34.2 Å². The number of carbonyl (C=O) groups excluding carboxylic acids is 1. The SMILES string of the molecule is C=C(C)C(=O)NCC[N+](C)(C)C.[Br-]. The first-order chi connectivity index (χ1) is 5.33. The van der Waals surface area contributed by atoms with Gasteiger partial charge in [0.1, 0.15) is 0 Å². The van der Waals surface area contributed by atoms with Crippen molar-refractivity contribution in [3.63, 3.8) is 0 Å². The van der Waals surface area contributed by atoms with Gasteiger partial charge in [-0.15, -0.1) is 0 Å². The van der Waals surface area contributed by atoms with Gasteiger partial charge in [0.15, 0.2) is 0 Å². The largest absolute Gasteiger partial charge is 1.00 e. The van der Waals surface area contributed by atoms with Gasteiger partial charge in [0.25, 0.3) is 0 Å². The highest BCUT2D eigenvalue weighted by atomic mass is 79.9. The minimum absolute atomic E-state index is 0. The number of hydrogen-bond acceptors (Lipinski definition) is 1. The van der Waals surface area contributed by atoms with Gasteiger partial charge >= 0.3 is 0 Å². The molecule has 4 heteroatoms. The molecule has 0 aliphatic rings. The van der Waals surface area contributed by atoms with Gasteiger partial charge in [0.05, 0.1) is 34.2 Å². The number of quaternary nitrogens is 1. The first-order valence-electron chi connectivity index (χ1n) is 4.07. The zero-order valence-electron chi connectivity index (χ0n) is 8.85.